The maximum absolute atomic E-state index is 5.58. The number of hydrogen-bond donors (Lipinski definition) is 1. The fourth-order valence-corrected chi connectivity index (χ4v) is 1.60. The first-order valence-corrected chi connectivity index (χ1v) is 5.44. The van der Waals surface area contributed by atoms with Crippen LogP contribution in [0.3, 0.4) is 0 Å². The van der Waals surface area contributed by atoms with Crippen molar-refractivity contribution in [3.8, 4) is 11.8 Å². The van der Waals surface area contributed by atoms with Gasteiger partial charge in [0.15, 0.2) is 0 Å². The second-order valence-corrected chi connectivity index (χ2v) is 4.00. The first kappa shape index (κ1) is 11.5. The molecule has 1 aromatic carbocycles. The van der Waals surface area contributed by atoms with Gasteiger partial charge in [-0.15, -0.1) is 0 Å². The Hall–Kier alpha value is -1.94. The molecule has 0 bridgehead atoms. The van der Waals surface area contributed by atoms with Crippen LogP contribution < -0.4 is 10.5 Å². The molecule has 0 spiro atoms. The predicted molar refractivity (Wildman–Crippen MR) is 65.9 cm³/mol. The molecule has 0 aliphatic carbocycles. The second kappa shape index (κ2) is 4.93. The maximum atomic E-state index is 5.58. The summed E-state index contributed by atoms with van der Waals surface area (Å²) in [5.41, 5.74) is 8.66. The number of aryl methyl sites for hydroxylation is 2. The molecule has 0 saturated carbocycles. The van der Waals surface area contributed by atoms with Crippen molar-refractivity contribution in [1.29, 1.82) is 0 Å². The summed E-state index contributed by atoms with van der Waals surface area (Å²) >= 11 is 0. The average molecular weight is 229 g/mol. The lowest BCUT2D eigenvalue weighted by molar-refractivity contribution is 0.440. The summed E-state index contributed by atoms with van der Waals surface area (Å²) in [7, 11) is 0. The third-order valence-corrected chi connectivity index (χ3v) is 2.32. The summed E-state index contributed by atoms with van der Waals surface area (Å²) < 4.78 is 5.58. The molecule has 0 unspecified atom stereocenters. The quantitative estimate of drug-likeness (QED) is 0.877. The van der Waals surface area contributed by atoms with Gasteiger partial charge in [0.05, 0.1) is 0 Å². The summed E-state index contributed by atoms with van der Waals surface area (Å²) in [5, 5.41) is 0. The Morgan fingerprint density at radius 3 is 2.18 bits per heavy atom. The van der Waals surface area contributed by atoms with Crippen LogP contribution in [0.5, 0.6) is 11.8 Å². The highest BCUT2D eigenvalue weighted by atomic mass is 16.5. The van der Waals surface area contributed by atoms with Crippen LogP contribution in [0.4, 0.5) is 0 Å². The molecule has 2 N–H and O–H groups in total. The van der Waals surface area contributed by atoms with E-state index in [-0.39, 0.29) is 0 Å². The minimum Gasteiger partial charge on any atom is -0.424 e. The van der Waals surface area contributed by atoms with Crippen molar-refractivity contribution in [2.24, 2.45) is 5.73 Å². The predicted octanol–water partition coefficient (Wildman–Crippen LogP) is 2.34. The monoisotopic (exact) mass is 229 g/mol. The van der Waals surface area contributed by atoms with E-state index < -0.39 is 0 Å². The molecule has 0 saturated heterocycles. The molecule has 2 rings (SSSR count). The highest BCUT2D eigenvalue weighted by Gasteiger charge is 2.01. The van der Waals surface area contributed by atoms with E-state index in [1.165, 1.54) is 0 Å². The number of rotatable bonds is 3. The minimum atomic E-state index is 0.340. The summed E-state index contributed by atoms with van der Waals surface area (Å²) in [6.45, 7) is 4.49. The van der Waals surface area contributed by atoms with Gasteiger partial charge in [-0.25, -0.2) is 9.97 Å². The van der Waals surface area contributed by atoms with E-state index in [1.54, 1.807) is 12.4 Å². The first-order chi connectivity index (χ1) is 8.17. The molecule has 1 heterocycles. The summed E-state index contributed by atoms with van der Waals surface area (Å²) in [4.78, 5) is 8.18. The van der Waals surface area contributed by atoms with Crippen LogP contribution in [0, 0.1) is 13.8 Å². The van der Waals surface area contributed by atoms with Crippen molar-refractivity contribution >= 4 is 0 Å². The van der Waals surface area contributed by atoms with Gasteiger partial charge >= 0.3 is 6.01 Å². The third-order valence-electron chi connectivity index (χ3n) is 2.32. The highest BCUT2D eigenvalue weighted by Crippen LogP contribution is 2.20. The fourth-order valence-electron chi connectivity index (χ4n) is 1.60. The lowest BCUT2D eigenvalue weighted by Crippen LogP contribution is -1.99. The van der Waals surface area contributed by atoms with Gasteiger partial charge in [0, 0.05) is 24.5 Å². The van der Waals surface area contributed by atoms with Crippen LogP contribution >= 0.6 is 0 Å². The Morgan fingerprint density at radius 2 is 1.65 bits per heavy atom. The minimum absolute atomic E-state index is 0.340. The van der Waals surface area contributed by atoms with E-state index in [9.17, 15) is 0 Å². The van der Waals surface area contributed by atoms with Crippen molar-refractivity contribution in [3.05, 3.63) is 47.3 Å². The van der Waals surface area contributed by atoms with Gasteiger partial charge in [-0.3, -0.25) is 0 Å². The average Bonchev–Trinajstić information content (AvgIpc) is 2.28. The normalized spacial score (nSPS) is 10.3. The van der Waals surface area contributed by atoms with Crippen LogP contribution in [-0.4, -0.2) is 9.97 Å². The summed E-state index contributed by atoms with van der Waals surface area (Å²) in [5.74, 6) is 0.753. The Kier molecular flexibility index (Phi) is 3.35. The molecular formula is C13H15N3O. The van der Waals surface area contributed by atoms with Crippen LogP contribution in [0.1, 0.15) is 16.7 Å². The zero-order valence-electron chi connectivity index (χ0n) is 9.97. The molecule has 0 amide bonds. The van der Waals surface area contributed by atoms with Gasteiger partial charge in [0.25, 0.3) is 0 Å². The van der Waals surface area contributed by atoms with E-state index in [4.69, 9.17) is 10.5 Å². The molecule has 0 aliphatic rings. The van der Waals surface area contributed by atoms with E-state index in [0.717, 1.165) is 22.4 Å². The number of ether oxygens (including phenoxy) is 1. The van der Waals surface area contributed by atoms with Crippen LogP contribution in [0.15, 0.2) is 30.6 Å². The van der Waals surface area contributed by atoms with Gasteiger partial charge in [0.1, 0.15) is 5.75 Å². The molecule has 4 nitrogen and oxygen atoms in total. The van der Waals surface area contributed by atoms with E-state index in [1.807, 2.05) is 26.0 Å². The lowest BCUT2D eigenvalue weighted by atomic mass is 10.1. The molecule has 0 atom stereocenters. The van der Waals surface area contributed by atoms with Gasteiger partial charge < -0.3 is 10.5 Å². The van der Waals surface area contributed by atoms with Crippen LogP contribution in [-0.2, 0) is 6.54 Å². The van der Waals surface area contributed by atoms with Crippen molar-refractivity contribution in [3.63, 3.8) is 0 Å². The largest absolute Gasteiger partial charge is 0.424 e. The highest BCUT2D eigenvalue weighted by molar-refractivity contribution is 5.34. The topological polar surface area (TPSA) is 61.0 Å². The van der Waals surface area contributed by atoms with Crippen molar-refractivity contribution in [2.75, 3.05) is 0 Å². The van der Waals surface area contributed by atoms with Crippen molar-refractivity contribution in [1.82, 2.24) is 9.97 Å². The van der Waals surface area contributed by atoms with E-state index >= 15 is 0 Å². The fraction of sp³-hybridized carbons (Fsp3) is 0.231. The van der Waals surface area contributed by atoms with Crippen molar-refractivity contribution < 1.29 is 4.74 Å². The molecule has 1 aromatic heterocycles. The smallest absolute Gasteiger partial charge is 0.321 e. The summed E-state index contributed by atoms with van der Waals surface area (Å²) in [6, 6.07) is 6.33. The first-order valence-electron chi connectivity index (χ1n) is 5.44. The Balaban J connectivity index is 2.19. The molecule has 88 valence electrons. The molecule has 2 aromatic rings. The van der Waals surface area contributed by atoms with Crippen LogP contribution in [0.25, 0.3) is 0 Å². The summed E-state index contributed by atoms with van der Waals surface area (Å²) in [6.07, 6.45) is 3.34. The van der Waals surface area contributed by atoms with Crippen molar-refractivity contribution in [2.45, 2.75) is 20.4 Å². The molecule has 17 heavy (non-hydrogen) atoms. The zero-order chi connectivity index (χ0) is 12.3. The molecule has 0 aliphatic heterocycles. The lowest BCUT2D eigenvalue weighted by Gasteiger charge is -2.06. The number of nitrogens with zero attached hydrogens (tertiary/aromatic N) is 2. The number of benzene rings is 1. The van der Waals surface area contributed by atoms with Crippen LogP contribution in [0.2, 0.25) is 0 Å². The zero-order valence-corrected chi connectivity index (χ0v) is 9.97. The van der Waals surface area contributed by atoms with E-state index in [2.05, 4.69) is 16.0 Å². The van der Waals surface area contributed by atoms with E-state index in [0.29, 0.717) is 12.6 Å². The standard InChI is InChI=1S/C13H15N3O/c1-9-3-10(2)5-12(4-9)17-13-15-7-11(6-14)8-16-13/h3-5,7-8H,6,14H2,1-2H3. The van der Waals surface area contributed by atoms with Gasteiger partial charge in [-0.05, 0) is 37.1 Å². The Morgan fingerprint density at radius 1 is 1.06 bits per heavy atom. The number of aromatic nitrogens is 2. The SMILES string of the molecule is Cc1cc(C)cc(Oc2ncc(CN)cn2)c1. The number of nitrogens with two attached hydrogens (primary N) is 1. The molecule has 0 fully saturated rings. The third kappa shape index (κ3) is 3.01. The Labute approximate surface area is 100 Å². The molecular weight excluding hydrogens is 214 g/mol. The molecule has 4 heteroatoms. The maximum Gasteiger partial charge on any atom is 0.321 e. The Bertz CT molecular complexity index is 488. The second-order valence-electron chi connectivity index (χ2n) is 4.00. The van der Waals surface area contributed by atoms with Gasteiger partial charge in [-0.1, -0.05) is 6.07 Å². The molecule has 0 radical (unpaired) electrons. The number of hydrogen-bond acceptors (Lipinski definition) is 4. The van der Waals surface area contributed by atoms with Gasteiger partial charge in [0.2, 0.25) is 0 Å². The van der Waals surface area contributed by atoms with Gasteiger partial charge in [-0.2, -0.15) is 0 Å².